The van der Waals surface area contributed by atoms with Gasteiger partial charge in [0.2, 0.25) is 0 Å². The van der Waals surface area contributed by atoms with Crippen LogP contribution in [-0.4, -0.2) is 5.91 Å². The average Bonchev–Trinajstić information content (AvgIpc) is 2.20. The Balaban J connectivity index is 2.70. The van der Waals surface area contributed by atoms with Crippen molar-refractivity contribution < 1.29 is 4.79 Å². The van der Waals surface area contributed by atoms with Crippen molar-refractivity contribution in [3.63, 3.8) is 0 Å². The number of benzene rings is 1. The minimum Gasteiger partial charge on any atom is -0.322 e. The molecule has 0 atom stereocenters. The summed E-state index contributed by atoms with van der Waals surface area (Å²) in [4.78, 5) is 11.3. The van der Waals surface area contributed by atoms with Crippen molar-refractivity contribution in [1.82, 2.24) is 0 Å². The molecular formula is C10H9Cl2NO. The van der Waals surface area contributed by atoms with Crippen molar-refractivity contribution in [3.8, 4) is 0 Å². The molecule has 1 rings (SSSR count). The minimum atomic E-state index is -0.220. The van der Waals surface area contributed by atoms with Crippen molar-refractivity contribution in [3.05, 3.63) is 40.4 Å². The van der Waals surface area contributed by atoms with E-state index in [1.165, 1.54) is 5.54 Å². The molecule has 0 unspecified atom stereocenters. The molecule has 0 aromatic heterocycles. The summed E-state index contributed by atoms with van der Waals surface area (Å²) in [5, 5.41) is 3.30. The number of nitrogens with one attached hydrogen (secondary N) is 1. The van der Waals surface area contributed by atoms with Gasteiger partial charge in [-0.05, 0) is 31.2 Å². The molecule has 0 fully saturated rings. The largest absolute Gasteiger partial charge is 0.322 e. The van der Waals surface area contributed by atoms with Crippen molar-refractivity contribution in [1.29, 1.82) is 0 Å². The number of halogens is 2. The highest BCUT2D eigenvalue weighted by Crippen LogP contribution is 2.14. The minimum absolute atomic E-state index is 0.220. The Labute approximate surface area is 92.5 Å². The highest BCUT2D eigenvalue weighted by atomic mass is 35.5. The molecule has 0 saturated heterocycles. The monoisotopic (exact) mass is 229 g/mol. The van der Waals surface area contributed by atoms with E-state index < -0.39 is 0 Å². The highest BCUT2D eigenvalue weighted by Gasteiger charge is 2.03. The van der Waals surface area contributed by atoms with E-state index in [9.17, 15) is 4.79 Å². The fraction of sp³-hybridized carbons (Fsp3) is 0.100. The summed E-state index contributed by atoms with van der Waals surface area (Å²) < 4.78 is 0. The topological polar surface area (TPSA) is 29.1 Å². The molecule has 0 saturated carbocycles. The average molecular weight is 230 g/mol. The van der Waals surface area contributed by atoms with E-state index in [4.69, 9.17) is 23.2 Å². The van der Waals surface area contributed by atoms with Crippen LogP contribution in [0.5, 0.6) is 0 Å². The van der Waals surface area contributed by atoms with Crippen LogP contribution in [0.25, 0.3) is 0 Å². The molecule has 1 aromatic carbocycles. The molecule has 0 aliphatic heterocycles. The van der Waals surface area contributed by atoms with Crippen LogP contribution >= 0.6 is 23.2 Å². The van der Waals surface area contributed by atoms with E-state index in [-0.39, 0.29) is 5.91 Å². The Kier molecular flexibility index (Phi) is 3.98. The molecule has 1 N–H and O–H groups in total. The molecule has 74 valence electrons. The van der Waals surface area contributed by atoms with Gasteiger partial charge in [0.15, 0.2) is 0 Å². The first kappa shape index (κ1) is 11.1. The number of amides is 1. The summed E-state index contributed by atoms with van der Waals surface area (Å²) in [6.07, 6.45) is 0. The lowest BCUT2D eigenvalue weighted by Gasteiger charge is -2.04. The number of anilines is 1. The Bertz CT molecular complexity index is 357. The fourth-order valence-corrected chi connectivity index (χ4v) is 1.04. The molecule has 0 aliphatic carbocycles. The maximum absolute atomic E-state index is 11.3. The smallest absolute Gasteiger partial charge is 0.252 e. The van der Waals surface area contributed by atoms with Gasteiger partial charge in [0.1, 0.15) is 0 Å². The predicted molar refractivity (Wildman–Crippen MR) is 59.7 cm³/mol. The lowest BCUT2D eigenvalue weighted by molar-refractivity contribution is -0.112. The number of hydrogen-bond acceptors (Lipinski definition) is 1. The van der Waals surface area contributed by atoms with Gasteiger partial charge in [0.25, 0.3) is 5.91 Å². The Morgan fingerprint density at radius 1 is 1.36 bits per heavy atom. The Hall–Kier alpha value is -0.990. The van der Waals surface area contributed by atoms with Gasteiger partial charge >= 0.3 is 0 Å². The predicted octanol–water partition coefficient (Wildman–Crippen LogP) is 3.42. The SMILES string of the molecule is CC(=CCl)C(=O)Nc1ccc(Cl)cc1. The fourth-order valence-electron chi connectivity index (χ4n) is 0.812. The number of hydrogen-bond donors (Lipinski definition) is 1. The maximum Gasteiger partial charge on any atom is 0.252 e. The summed E-state index contributed by atoms with van der Waals surface area (Å²) in [5.41, 5.74) is 2.39. The van der Waals surface area contributed by atoms with Crippen LogP contribution in [0, 0.1) is 0 Å². The lowest BCUT2D eigenvalue weighted by atomic mass is 10.3. The van der Waals surface area contributed by atoms with E-state index >= 15 is 0 Å². The zero-order valence-electron chi connectivity index (χ0n) is 7.55. The number of carbonyl (C=O) groups is 1. The molecule has 14 heavy (non-hydrogen) atoms. The second-order valence-electron chi connectivity index (χ2n) is 2.75. The van der Waals surface area contributed by atoms with Gasteiger partial charge < -0.3 is 5.32 Å². The van der Waals surface area contributed by atoms with Gasteiger partial charge in [-0.25, -0.2) is 0 Å². The van der Waals surface area contributed by atoms with E-state index in [1.54, 1.807) is 31.2 Å². The van der Waals surface area contributed by atoms with Crippen LogP contribution in [0.3, 0.4) is 0 Å². The lowest BCUT2D eigenvalue weighted by Crippen LogP contribution is -2.11. The maximum atomic E-state index is 11.3. The van der Waals surface area contributed by atoms with E-state index in [2.05, 4.69) is 5.32 Å². The second kappa shape index (κ2) is 5.03. The van der Waals surface area contributed by atoms with E-state index in [1.807, 2.05) is 0 Å². The van der Waals surface area contributed by atoms with Gasteiger partial charge in [-0.2, -0.15) is 0 Å². The quantitative estimate of drug-likeness (QED) is 0.775. The summed E-state index contributed by atoms with van der Waals surface area (Å²) >= 11 is 11.1. The van der Waals surface area contributed by atoms with Crippen molar-refractivity contribution in [2.45, 2.75) is 6.92 Å². The van der Waals surface area contributed by atoms with E-state index in [0.29, 0.717) is 16.3 Å². The van der Waals surface area contributed by atoms with Gasteiger partial charge in [-0.15, -0.1) is 0 Å². The molecule has 1 amide bonds. The van der Waals surface area contributed by atoms with Gasteiger partial charge in [0.05, 0.1) is 0 Å². The third-order valence-electron chi connectivity index (χ3n) is 1.62. The molecule has 0 heterocycles. The van der Waals surface area contributed by atoms with Crippen LogP contribution in [0.15, 0.2) is 35.4 Å². The van der Waals surface area contributed by atoms with Crippen LogP contribution in [0.2, 0.25) is 5.02 Å². The van der Waals surface area contributed by atoms with Crippen LogP contribution in [0.1, 0.15) is 6.92 Å². The third kappa shape index (κ3) is 3.05. The molecule has 0 spiro atoms. The molecular weight excluding hydrogens is 221 g/mol. The molecule has 0 aliphatic rings. The zero-order chi connectivity index (χ0) is 10.6. The van der Waals surface area contributed by atoms with Crippen molar-refractivity contribution in [2.24, 2.45) is 0 Å². The highest BCUT2D eigenvalue weighted by molar-refractivity contribution is 6.30. The van der Waals surface area contributed by atoms with Crippen LogP contribution in [-0.2, 0) is 4.79 Å². The van der Waals surface area contributed by atoms with Crippen LogP contribution in [0.4, 0.5) is 5.69 Å². The molecule has 0 radical (unpaired) electrons. The first-order chi connectivity index (χ1) is 6.63. The normalized spacial score (nSPS) is 11.2. The van der Waals surface area contributed by atoms with Gasteiger partial charge in [-0.3, -0.25) is 4.79 Å². The van der Waals surface area contributed by atoms with Gasteiger partial charge in [0, 0.05) is 21.8 Å². The molecule has 1 aromatic rings. The second-order valence-corrected chi connectivity index (χ2v) is 3.41. The first-order valence-corrected chi connectivity index (χ1v) is 4.79. The number of carbonyl (C=O) groups excluding carboxylic acids is 1. The first-order valence-electron chi connectivity index (χ1n) is 3.97. The standard InChI is InChI=1S/C10H9Cl2NO/c1-7(6-11)10(14)13-9-4-2-8(12)3-5-9/h2-6H,1H3,(H,13,14). The van der Waals surface area contributed by atoms with Gasteiger partial charge in [-0.1, -0.05) is 23.2 Å². The zero-order valence-corrected chi connectivity index (χ0v) is 9.06. The summed E-state index contributed by atoms with van der Waals surface area (Å²) in [5.74, 6) is -0.220. The number of rotatable bonds is 2. The molecule has 0 bridgehead atoms. The summed E-state index contributed by atoms with van der Waals surface area (Å²) in [6.45, 7) is 1.64. The Morgan fingerprint density at radius 3 is 2.43 bits per heavy atom. The summed E-state index contributed by atoms with van der Waals surface area (Å²) in [6, 6.07) is 6.86. The Morgan fingerprint density at radius 2 is 1.93 bits per heavy atom. The summed E-state index contributed by atoms with van der Waals surface area (Å²) in [7, 11) is 0. The molecule has 2 nitrogen and oxygen atoms in total. The third-order valence-corrected chi connectivity index (χ3v) is 2.20. The van der Waals surface area contributed by atoms with E-state index in [0.717, 1.165) is 0 Å². The van der Waals surface area contributed by atoms with Crippen LogP contribution < -0.4 is 5.32 Å². The van der Waals surface area contributed by atoms with Crippen molar-refractivity contribution >= 4 is 34.8 Å². The van der Waals surface area contributed by atoms with Crippen molar-refractivity contribution in [2.75, 3.05) is 5.32 Å². The molecule has 4 heteroatoms.